The Hall–Kier alpha value is -1.72. The van der Waals surface area contributed by atoms with E-state index in [0.29, 0.717) is 25.5 Å². The normalized spacial score (nSPS) is 18.7. The van der Waals surface area contributed by atoms with E-state index in [1.165, 1.54) is 25.7 Å². The van der Waals surface area contributed by atoms with E-state index in [-0.39, 0.29) is 11.4 Å². The van der Waals surface area contributed by atoms with Gasteiger partial charge in [0.05, 0.1) is 11.6 Å². The van der Waals surface area contributed by atoms with E-state index in [1.807, 2.05) is 24.3 Å². The van der Waals surface area contributed by atoms with Crippen molar-refractivity contribution in [3.8, 4) is 0 Å². The van der Waals surface area contributed by atoms with Crippen molar-refractivity contribution < 1.29 is 14.3 Å². The molecule has 0 spiro atoms. The lowest BCUT2D eigenvalue weighted by atomic mass is 9.99. The number of benzene rings is 1. The quantitative estimate of drug-likeness (QED) is 0.684. The maximum atomic E-state index is 11.2. The largest absolute Gasteiger partial charge is 0.381 e. The minimum absolute atomic E-state index is 0.273. The highest BCUT2D eigenvalue weighted by Gasteiger charge is 2.32. The molecule has 2 aliphatic carbocycles. The third-order valence-corrected chi connectivity index (χ3v) is 5.68. The lowest BCUT2D eigenvalue weighted by molar-refractivity contribution is -0.118. The van der Waals surface area contributed by atoms with Crippen molar-refractivity contribution in [1.29, 1.82) is 0 Å². The second-order valence-electron chi connectivity index (χ2n) is 7.76. The van der Waals surface area contributed by atoms with Gasteiger partial charge in [0.15, 0.2) is 0 Å². The molecule has 0 heterocycles. The molecule has 2 fully saturated rings. The highest BCUT2D eigenvalue weighted by Crippen LogP contribution is 2.28. The molecule has 27 heavy (non-hydrogen) atoms. The molecule has 2 saturated carbocycles. The highest BCUT2D eigenvalue weighted by molar-refractivity contribution is 5.74. The van der Waals surface area contributed by atoms with Gasteiger partial charge in [-0.2, -0.15) is 0 Å². The number of carbonyl (C=O) groups is 2. The molecule has 0 aliphatic heterocycles. The topological polar surface area (TPSA) is 81.4 Å². The Morgan fingerprint density at radius 1 is 1.15 bits per heavy atom. The summed E-state index contributed by atoms with van der Waals surface area (Å²) in [4.78, 5) is 22.0. The zero-order chi connectivity index (χ0) is 19.5. The summed E-state index contributed by atoms with van der Waals surface area (Å²) in [5.41, 5.74) is 7.08. The van der Waals surface area contributed by atoms with Gasteiger partial charge in [-0.15, -0.1) is 0 Å². The molecule has 0 radical (unpaired) electrons. The number of primary amides is 1. The van der Waals surface area contributed by atoms with Crippen LogP contribution in [0.2, 0.25) is 0 Å². The molecule has 5 nitrogen and oxygen atoms in total. The number of hydrogen-bond acceptors (Lipinski definition) is 4. The second-order valence-corrected chi connectivity index (χ2v) is 7.76. The number of carbonyl (C=O) groups excluding carboxylic acids is 2. The van der Waals surface area contributed by atoms with Crippen LogP contribution in [0.3, 0.4) is 0 Å². The first-order chi connectivity index (χ1) is 13.1. The number of amides is 1. The van der Waals surface area contributed by atoms with Crippen LogP contribution in [0.5, 0.6) is 0 Å². The van der Waals surface area contributed by atoms with E-state index in [9.17, 15) is 9.59 Å². The van der Waals surface area contributed by atoms with E-state index >= 15 is 0 Å². The third kappa shape index (κ3) is 7.43. The van der Waals surface area contributed by atoms with Crippen molar-refractivity contribution in [3.05, 3.63) is 35.4 Å². The van der Waals surface area contributed by atoms with Crippen molar-refractivity contribution in [2.75, 3.05) is 7.11 Å². The van der Waals surface area contributed by atoms with Gasteiger partial charge in [0.25, 0.3) is 0 Å². The van der Waals surface area contributed by atoms with Gasteiger partial charge in [-0.3, -0.25) is 4.79 Å². The summed E-state index contributed by atoms with van der Waals surface area (Å²) in [6.07, 6.45) is 12.2. The summed E-state index contributed by atoms with van der Waals surface area (Å²) in [5.74, 6) is -0.273. The smallest absolute Gasteiger partial charge is 0.217 e. The third-order valence-electron chi connectivity index (χ3n) is 5.68. The summed E-state index contributed by atoms with van der Waals surface area (Å²) in [7, 11) is 1.80. The molecule has 0 unspecified atom stereocenters. The Morgan fingerprint density at radius 3 is 2.22 bits per heavy atom. The molecule has 1 aromatic rings. The number of methoxy groups -OCH3 is 1. The fourth-order valence-corrected chi connectivity index (χ4v) is 3.84. The average molecular weight is 375 g/mol. The van der Waals surface area contributed by atoms with Crippen LogP contribution in [-0.2, 0) is 27.3 Å². The van der Waals surface area contributed by atoms with E-state index in [2.05, 4.69) is 5.32 Å². The van der Waals surface area contributed by atoms with Gasteiger partial charge in [-0.05, 0) is 43.2 Å². The van der Waals surface area contributed by atoms with Gasteiger partial charge < -0.3 is 20.6 Å². The molecule has 0 aromatic heterocycles. The van der Waals surface area contributed by atoms with Crippen molar-refractivity contribution in [2.24, 2.45) is 5.73 Å². The van der Waals surface area contributed by atoms with Crippen LogP contribution in [0.15, 0.2) is 24.3 Å². The summed E-state index contributed by atoms with van der Waals surface area (Å²) in [6, 6.07) is 8.11. The van der Waals surface area contributed by atoms with Crippen LogP contribution in [0.25, 0.3) is 0 Å². The molecule has 1 amide bonds. The Balaban J connectivity index is 0.000000313. The molecular formula is C22H34N2O3. The molecule has 0 atom stereocenters. The molecule has 3 rings (SSSR count). The highest BCUT2D eigenvalue weighted by atomic mass is 16.5. The number of aldehydes is 1. The van der Waals surface area contributed by atoms with Crippen LogP contribution >= 0.6 is 0 Å². The van der Waals surface area contributed by atoms with Gasteiger partial charge in [0.1, 0.15) is 6.29 Å². The summed E-state index contributed by atoms with van der Waals surface area (Å²) < 4.78 is 5.11. The molecule has 1 aromatic carbocycles. The Morgan fingerprint density at radius 2 is 1.74 bits per heavy atom. The number of aryl methyl sites for hydroxylation is 1. The Bertz CT molecular complexity index is 574. The standard InChI is InChI=1S/C16H22N2O2.C6H12O/c17-15(20)8-7-13-3-5-14(6-4-13)11-18-16(12-19)9-1-2-10-16;1-7-6-4-2-3-5-6/h3-6,12,18H,1-2,7-11H2,(H2,17,20);6H,2-5H2,1H3. The summed E-state index contributed by atoms with van der Waals surface area (Å²) >= 11 is 0. The number of nitrogens with two attached hydrogens (primary N) is 1. The Kier molecular flexibility index (Phi) is 8.95. The number of hydrogen-bond donors (Lipinski definition) is 2. The van der Waals surface area contributed by atoms with Crippen LogP contribution in [0.1, 0.15) is 68.9 Å². The molecular weight excluding hydrogens is 340 g/mol. The van der Waals surface area contributed by atoms with Gasteiger partial charge >= 0.3 is 0 Å². The minimum atomic E-state index is -0.315. The fraction of sp³-hybridized carbons (Fsp3) is 0.636. The predicted octanol–water partition coefficient (Wildman–Crippen LogP) is 3.28. The molecule has 5 heteroatoms. The first-order valence-corrected chi connectivity index (χ1v) is 10.2. The van der Waals surface area contributed by atoms with Gasteiger partial charge in [-0.1, -0.05) is 49.9 Å². The lowest BCUT2D eigenvalue weighted by Gasteiger charge is -2.23. The first-order valence-electron chi connectivity index (χ1n) is 10.2. The Labute approximate surface area is 163 Å². The number of nitrogens with one attached hydrogen (secondary N) is 1. The zero-order valence-electron chi connectivity index (χ0n) is 16.5. The van der Waals surface area contributed by atoms with E-state index in [0.717, 1.165) is 43.1 Å². The van der Waals surface area contributed by atoms with Crippen LogP contribution in [0.4, 0.5) is 0 Å². The lowest BCUT2D eigenvalue weighted by Crippen LogP contribution is -2.43. The SMILES string of the molecule is COC1CCCC1.NC(=O)CCc1ccc(CNC2(C=O)CCCC2)cc1. The maximum Gasteiger partial charge on any atom is 0.217 e. The van der Waals surface area contributed by atoms with Crippen LogP contribution < -0.4 is 11.1 Å². The molecule has 3 N–H and O–H groups in total. The predicted molar refractivity (Wildman–Crippen MR) is 107 cm³/mol. The monoisotopic (exact) mass is 374 g/mol. The maximum absolute atomic E-state index is 11.2. The molecule has 150 valence electrons. The minimum Gasteiger partial charge on any atom is -0.381 e. The van der Waals surface area contributed by atoms with Gasteiger partial charge in [0.2, 0.25) is 5.91 Å². The van der Waals surface area contributed by atoms with Crippen molar-refractivity contribution >= 4 is 12.2 Å². The van der Waals surface area contributed by atoms with Crippen molar-refractivity contribution in [1.82, 2.24) is 5.32 Å². The van der Waals surface area contributed by atoms with Crippen LogP contribution in [-0.4, -0.2) is 30.9 Å². The number of ether oxygens (including phenoxy) is 1. The molecule has 2 aliphatic rings. The zero-order valence-corrected chi connectivity index (χ0v) is 16.5. The van der Waals surface area contributed by atoms with E-state index in [4.69, 9.17) is 10.5 Å². The van der Waals surface area contributed by atoms with Gasteiger partial charge in [0, 0.05) is 20.1 Å². The summed E-state index contributed by atoms with van der Waals surface area (Å²) in [6.45, 7) is 0.703. The fourth-order valence-electron chi connectivity index (χ4n) is 3.84. The molecule has 0 bridgehead atoms. The number of rotatable bonds is 8. The van der Waals surface area contributed by atoms with E-state index in [1.54, 1.807) is 7.11 Å². The van der Waals surface area contributed by atoms with Crippen LogP contribution in [0, 0.1) is 0 Å². The molecule has 0 saturated heterocycles. The summed E-state index contributed by atoms with van der Waals surface area (Å²) in [5, 5.41) is 3.39. The van der Waals surface area contributed by atoms with Gasteiger partial charge in [-0.25, -0.2) is 0 Å². The van der Waals surface area contributed by atoms with Crippen molar-refractivity contribution in [3.63, 3.8) is 0 Å². The van der Waals surface area contributed by atoms with Crippen molar-refractivity contribution in [2.45, 2.75) is 82.4 Å². The average Bonchev–Trinajstić information content (AvgIpc) is 3.38. The first kappa shape index (κ1) is 21.6. The van der Waals surface area contributed by atoms with E-state index < -0.39 is 0 Å². The second kappa shape index (κ2) is 11.2.